The zero-order valence-corrected chi connectivity index (χ0v) is 30.8. The Balaban J connectivity index is 0.000000253. The van der Waals surface area contributed by atoms with Crippen LogP contribution in [0, 0.1) is 5.82 Å². The van der Waals surface area contributed by atoms with Crippen LogP contribution in [0.25, 0.3) is 38.5 Å². The number of benzene rings is 3. The number of anilines is 1. The first kappa shape index (κ1) is 37.3. The molecule has 0 bridgehead atoms. The summed E-state index contributed by atoms with van der Waals surface area (Å²) in [5, 5.41) is 4.99. The molecule has 4 aliphatic rings. The van der Waals surface area contributed by atoms with E-state index in [1.165, 1.54) is 25.3 Å². The van der Waals surface area contributed by atoms with E-state index in [2.05, 4.69) is 12.2 Å². The lowest BCUT2D eigenvalue weighted by atomic mass is 10.0. The number of carbonyl (C=O) groups excluding carboxylic acids is 2. The van der Waals surface area contributed by atoms with Gasteiger partial charge in [-0.15, -0.1) is 0 Å². The standard InChI is InChI=1S/C30H24FN3O5.C6H14N2O.C5H10O/c31-21-13-19-26-29(27(21)32-7-3-4-8-32)39-25-14-18-17-5-1-2-6-23(17)38-24(18)15-22(25)34(26)16-20(28(19)35)30(36)33-9-11-37-12-10-33;1-2-4-8-5-3-6(7)9;1-2-4-6-5-3-1/h1-2,5-6,13-16H,3-4,7-12H2;8H,2-5H2,1H3,(H2,7,9);1-5H2. The molecular formula is C41H48FN5O7. The summed E-state index contributed by atoms with van der Waals surface area (Å²) in [5.74, 6) is -0.357. The third kappa shape index (κ3) is 7.80. The Morgan fingerprint density at radius 3 is 2.28 bits per heavy atom. The number of nitrogens with one attached hydrogen (secondary N) is 1. The number of nitrogens with zero attached hydrogens (tertiary/aromatic N) is 3. The van der Waals surface area contributed by atoms with Gasteiger partial charge in [-0.2, -0.15) is 0 Å². The van der Waals surface area contributed by atoms with E-state index >= 15 is 4.39 Å². The molecule has 4 aliphatic heterocycles. The van der Waals surface area contributed by atoms with Crippen molar-refractivity contribution in [3.05, 3.63) is 70.3 Å². The van der Waals surface area contributed by atoms with E-state index in [0.29, 0.717) is 86.3 Å². The highest BCUT2D eigenvalue weighted by molar-refractivity contribution is 6.07. The highest BCUT2D eigenvalue weighted by atomic mass is 19.1. The average molecular weight is 742 g/mol. The highest BCUT2D eigenvalue weighted by Gasteiger charge is 2.33. The van der Waals surface area contributed by atoms with E-state index in [4.69, 9.17) is 24.4 Å². The van der Waals surface area contributed by atoms with Gasteiger partial charge in [0.15, 0.2) is 17.3 Å². The second kappa shape index (κ2) is 17.0. The number of hydrogen-bond acceptors (Lipinski definition) is 9. The number of rotatable bonds is 7. The summed E-state index contributed by atoms with van der Waals surface area (Å²) in [6.07, 6.45) is 8.95. The first-order chi connectivity index (χ1) is 26.4. The molecule has 5 aromatic rings. The van der Waals surface area contributed by atoms with Crippen LogP contribution in [0.4, 0.5) is 10.1 Å². The van der Waals surface area contributed by atoms with Crippen molar-refractivity contribution in [2.45, 2.75) is 51.9 Å². The maximum atomic E-state index is 15.8. The molecule has 3 N–H and O–H groups in total. The Morgan fingerprint density at radius 1 is 0.852 bits per heavy atom. The molecule has 54 heavy (non-hydrogen) atoms. The van der Waals surface area contributed by atoms with E-state index in [9.17, 15) is 14.4 Å². The lowest BCUT2D eigenvalue weighted by Gasteiger charge is -2.30. The van der Waals surface area contributed by atoms with Crippen LogP contribution in [-0.2, 0) is 14.3 Å². The molecule has 9 rings (SSSR count). The van der Waals surface area contributed by atoms with E-state index in [-0.39, 0.29) is 16.9 Å². The van der Waals surface area contributed by atoms with Crippen LogP contribution < -0.4 is 26.1 Å². The van der Waals surface area contributed by atoms with Gasteiger partial charge in [0.2, 0.25) is 11.3 Å². The van der Waals surface area contributed by atoms with Crippen molar-refractivity contribution in [2.24, 2.45) is 5.73 Å². The van der Waals surface area contributed by atoms with Gasteiger partial charge in [0.25, 0.3) is 5.91 Å². The molecule has 286 valence electrons. The van der Waals surface area contributed by atoms with Gasteiger partial charge in [-0.05, 0) is 63.3 Å². The minimum Gasteiger partial charge on any atom is -0.456 e. The van der Waals surface area contributed by atoms with Crippen molar-refractivity contribution in [3.8, 4) is 17.2 Å². The Labute approximate surface area is 312 Å². The highest BCUT2D eigenvalue weighted by Crippen LogP contribution is 2.49. The monoisotopic (exact) mass is 741 g/mol. The number of carbonyl (C=O) groups is 2. The molecular weight excluding hydrogens is 693 g/mol. The van der Waals surface area contributed by atoms with Gasteiger partial charge in [-0.1, -0.05) is 25.1 Å². The number of para-hydroxylation sites is 1. The zero-order valence-electron chi connectivity index (χ0n) is 30.8. The molecule has 0 saturated carbocycles. The van der Waals surface area contributed by atoms with E-state index < -0.39 is 17.2 Å². The van der Waals surface area contributed by atoms with Gasteiger partial charge in [-0.3, -0.25) is 14.4 Å². The number of hydrogen-bond donors (Lipinski definition) is 2. The van der Waals surface area contributed by atoms with Crippen LogP contribution in [0.1, 0.15) is 62.2 Å². The Morgan fingerprint density at radius 2 is 1.59 bits per heavy atom. The summed E-state index contributed by atoms with van der Waals surface area (Å²) in [6.45, 7) is 8.77. The number of fused-ring (bicyclic) bond motifs is 5. The lowest BCUT2D eigenvalue weighted by Crippen LogP contribution is -2.42. The molecule has 3 aromatic carbocycles. The van der Waals surface area contributed by atoms with Crippen LogP contribution in [0.2, 0.25) is 0 Å². The Hall–Kier alpha value is -4.98. The molecule has 12 nitrogen and oxygen atoms in total. The molecule has 3 saturated heterocycles. The topological polar surface area (TPSA) is 142 Å². The summed E-state index contributed by atoms with van der Waals surface area (Å²) in [4.78, 5) is 41.0. The van der Waals surface area contributed by atoms with Gasteiger partial charge in [0.1, 0.15) is 27.9 Å². The summed E-state index contributed by atoms with van der Waals surface area (Å²) in [7, 11) is 0. The van der Waals surface area contributed by atoms with Gasteiger partial charge in [-0.25, -0.2) is 4.39 Å². The second-order valence-electron chi connectivity index (χ2n) is 13.9. The summed E-state index contributed by atoms with van der Waals surface area (Å²) in [6, 6.07) is 12.8. The molecule has 3 fully saturated rings. The van der Waals surface area contributed by atoms with Crippen molar-refractivity contribution in [2.75, 3.05) is 70.6 Å². The predicted molar refractivity (Wildman–Crippen MR) is 207 cm³/mol. The van der Waals surface area contributed by atoms with Crippen LogP contribution >= 0.6 is 0 Å². The minimum atomic E-state index is -0.530. The molecule has 0 aliphatic carbocycles. The van der Waals surface area contributed by atoms with Crippen LogP contribution in [-0.4, -0.2) is 87.0 Å². The maximum Gasteiger partial charge on any atom is 0.259 e. The van der Waals surface area contributed by atoms with Crippen LogP contribution in [0.5, 0.6) is 11.5 Å². The van der Waals surface area contributed by atoms with E-state index in [1.807, 2.05) is 41.3 Å². The summed E-state index contributed by atoms with van der Waals surface area (Å²) >= 11 is 0. The van der Waals surface area contributed by atoms with Crippen molar-refractivity contribution in [1.82, 2.24) is 14.8 Å². The molecule has 0 radical (unpaired) electrons. The van der Waals surface area contributed by atoms with Crippen molar-refractivity contribution >= 4 is 50.3 Å². The average Bonchev–Trinajstić information content (AvgIpc) is 3.86. The quantitative estimate of drug-likeness (QED) is 0.182. The molecule has 2 amide bonds. The molecule has 2 aromatic heterocycles. The lowest BCUT2D eigenvalue weighted by molar-refractivity contribution is -0.117. The number of furan rings is 1. The molecule has 0 atom stereocenters. The number of amides is 2. The van der Waals surface area contributed by atoms with Crippen molar-refractivity contribution in [1.29, 1.82) is 0 Å². The number of aromatic nitrogens is 1. The van der Waals surface area contributed by atoms with E-state index in [1.54, 1.807) is 15.7 Å². The zero-order chi connectivity index (χ0) is 37.6. The van der Waals surface area contributed by atoms with Gasteiger partial charge < -0.3 is 44.0 Å². The number of primary amides is 1. The third-order valence-electron chi connectivity index (χ3n) is 10.1. The number of nitrogens with two attached hydrogens (primary N) is 1. The maximum absolute atomic E-state index is 15.8. The van der Waals surface area contributed by atoms with Crippen LogP contribution in [0.3, 0.4) is 0 Å². The first-order valence-electron chi connectivity index (χ1n) is 19.1. The Kier molecular flexibility index (Phi) is 11.8. The molecule has 0 spiro atoms. The number of morpholine rings is 1. The number of halogens is 1. The molecule has 0 unspecified atom stereocenters. The summed E-state index contributed by atoms with van der Waals surface area (Å²) in [5.41, 5.74) is 7.18. The molecule has 13 heteroatoms. The van der Waals surface area contributed by atoms with Gasteiger partial charge in [0, 0.05) is 75.4 Å². The SMILES string of the molecule is C1CCOCC1.CCCNCCC(N)=O.O=C(c1cn2c3c(c(N4CCCC4)c(F)cc3c1=O)Oc1cc3c(cc1-2)oc1ccccc13)N1CCOCC1. The largest absolute Gasteiger partial charge is 0.456 e. The van der Waals surface area contributed by atoms with Gasteiger partial charge >= 0.3 is 0 Å². The first-order valence-corrected chi connectivity index (χ1v) is 19.1. The minimum absolute atomic E-state index is 0.0128. The number of ether oxygens (including phenoxy) is 3. The summed E-state index contributed by atoms with van der Waals surface area (Å²) < 4.78 is 40.7. The third-order valence-corrected chi connectivity index (χ3v) is 10.1. The number of pyridine rings is 1. The fourth-order valence-electron chi connectivity index (χ4n) is 7.35. The molecule has 6 heterocycles. The smallest absolute Gasteiger partial charge is 0.259 e. The Bertz CT molecular complexity index is 2190. The normalized spacial score (nSPS) is 16.3. The fraction of sp³-hybridized carbons (Fsp3) is 0.439. The fourth-order valence-corrected chi connectivity index (χ4v) is 7.35. The van der Waals surface area contributed by atoms with Crippen molar-refractivity contribution < 1.29 is 32.6 Å². The second-order valence-corrected chi connectivity index (χ2v) is 13.9. The predicted octanol–water partition coefficient (Wildman–Crippen LogP) is 6.26. The van der Waals surface area contributed by atoms with Gasteiger partial charge in [0.05, 0.1) is 24.3 Å². The van der Waals surface area contributed by atoms with E-state index in [0.717, 1.165) is 55.4 Å². The van der Waals surface area contributed by atoms with Crippen LogP contribution in [0.15, 0.2) is 57.9 Å². The van der Waals surface area contributed by atoms with Crippen molar-refractivity contribution in [3.63, 3.8) is 0 Å².